The number of amides is 1. The molecule has 0 aromatic carbocycles. The van der Waals surface area contributed by atoms with Gasteiger partial charge < -0.3 is 10.4 Å². The smallest absolute Gasteiger partial charge is 0.229 e. The third kappa shape index (κ3) is 4.95. The maximum Gasteiger partial charge on any atom is 0.229 e. The summed E-state index contributed by atoms with van der Waals surface area (Å²) in [6.07, 6.45) is 3.79. The zero-order valence-corrected chi connectivity index (χ0v) is 13.0. The predicted octanol–water partition coefficient (Wildman–Crippen LogP) is 2.16. The van der Waals surface area contributed by atoms with E-state index in [0.717, 1.165) is 25.8 Å². The minimum absolute atomic E-state index is 0.0134. The maximum absolute atomic E-state index is 12.3. The summed E-state index contributed by atoms with van der Waals surface area (Å²) in [6.45, 7) is 4.24. The van der Waals surface area contributed by atoms with E-state index < -0.39 is 0 Å². The average Bonchev–Trinajstić information content (AvgIpc) is 2.49. The van der Waals surface area contributed by atoms with Gasteiger partial charge in [0.1, 0.15) is 5.82 Å². The predicted molar refractivity (Wildman–Crippen MR) is 83.3 cm³/mol. The zero-order chi connectivity index (χ0) is 15.2. The molecular formula is C15H22ClN3O2. The molecule has 1 aromatic rings. The van der Waals surface area contributed by atoms with E-state index >= 15 is 0 Å². The summed E-state index contributed by atoms with van der Waals surface area (Å²) < 4.78 is 0. The molecule has 1 saturated heterocycles. The minimum atomic E-state index is -0.315. The Kier molecular flexibility index (Phi) is 5.96. The van der Waals surface area contributed by atoms with Gasteiger partial charge in [0, 0.05) is 19.3 Å². The Labute approximate surface area is 130 Å². The molecule has 0 saturated carbocycles. The minimum Gasteiger partial charge on any atom is -0.392 e. The molecule has 2 rings (SSSR count). The van der Waals surface area contributed by atoms with Crippen LogP contribution in [0, 0.1) is 5.92 Å². The van der Waals surface area contributed by atoms with Gasteiger partial charge in [-0.2, -0.15) is 0 Å². The molecule has 116 valence electrons. The molecule has 1 aliphatic heterocycles. The van der Waals surface area contributed by atoms with E-state index in [0.29, 0.717) is 23.9 Å². The van der Waals surface area contributed by atoms with Gasteiger partial charge in [0.05, 0.1) is 17.0 Å². The van der Waals surface area contributed by atoms with Crippen molar-refractivity contribution in [3.63, 3.8) is 0 Å². The number of piperidine rings is 1. The van der Waals surface area contributed by atoms with Crippen molar-refractivity contribution in [3.05, 3.63) is 23.4 Å². The Balaban J connectivity index is 1.88. The molecule has 5 nitrogen and oxygen atoms in total. The second-order valence-electron chi connectivity index (χ2n) is 5.51. The molecule has 6 heteroatoms. The van der Waals surface area contributed by atoms with Crippen molar-refractivity contribution in [2.75, 3.05) is 25.0 Å². The molecule has 2 unspecified atom stereocenters. The summed E-state index contributed by atoms with van der Waals surface area (Å²) in [5.74, 6) is 0.455. The lowest BCUT2D eigenvalue weighted by molar-refractivity contribution is -0.121. The molecule has 21 heavy (non-hydrogen) atoms. The number of aromatic nitrogens is 1. The van der Waals surface area contributed by atoms with Crippen LogP contribution in [-0.2, 0) is 4.79 Å². The van der Waals surface area contributed by atoms with E-state index in [-0.39, 0.29) is 17.9 Å². The Morgan fingerprint density at radius 2 is 2.43 bits per heavy atom. The van der Waals surface area contributed by atoms with Gasteiger partial charge in [0.15, 0.2) is 0 Å². The van der Waals surface area contributed by atoms with Crippen molar-refractivity contribution in [3.8, 4) is 0 Å². The molecule has 0 radical (unpaired) electrons. The number of aliphatic hydroxyl groups is 1. The normalized spacial score (nSPS) is 21.0. The van der Waals surface area contributed by atoms with E-state index in [4.69, 9.17) is 11.6 Å². The largest absolute Gasteiger partial charge is 0.392 e. The second-order valence-corrected chi connectivity index (χ2v) is 5.95. The number of hydrogen-bond acceptors (Lipinski definition) is 4. The van der Waals surface area contributed by atoms with Crippen molar-refractivity contribution in [1.29, 1.82) is 0 Å². The number of carbonyl (C=O) groups excluding carboxylic acids is 1. The number of aliphatic hydroxyl groups excluding tert-OH is 1. The number of halogens is 1. The zero-order valence-electron chi connectivity index (χ0n) is 12.3. The molecule has 1 aliphatic rings. The van der Waals surface area contributed by atoms with Crippen molar-refractivity contribution in [2.24, 2.45) is 5.92 Å². The highest BCUT2D eigenvalue weighted by Gasteiger charge is 2.26. The highest BCUT2D eigenvalue weighted by molar-refractivity contribution is 6.30. The molecule has 2 atom stereocenters. The number of carbonyl (C=O) groups is 1. The van der Waals surface area contributed by atoms with Gasteiger partial charge in [-0.3, -0.25) is 9.69 Å². The molecule has 1 aromatic heterocycles. The average molecular weight is 312 g/mol. The van der Waals surface area contributed by atoms with Crippen molar-refractivity contribution < 1.29 is 9.90 Å². The number of pyridine rings is 1. The molecule has 0 aliphatic carbocycles. The van der Waals surface area contributed by atoms with Crippen molar-refractivity contribution in [1.82, 2.24) is 9.88 Å². The van der Waals surface area contributed by atoms with Gasteiger partial charge in [0.2, 0.25) is 5.91 Å². The van der Waals surface area contributed by atoms with Gasteiger partial charge >= 0.3 is 0 Å². The highest BCUT2D eigenvalue weighted by atomic mass is 35.5. The van der Waals surface area contributed by atoms with E-state index in [1.54, 1.807) is 12.1 Å². The quantitative estimate of drug-likeness (QED) is 0.874. The lowest BCUT2D eigenvalue weighted by Gasteiger charge is -2.33. The van der Waals surface area contributed by atoms with Gasteiger partial charge in [-0.15, -0.1) is 0 Å². The SMILES string of the molecule is CCC(O)CN1CCCC(C(=O)Nc2ccc(Cl)cn2)C1. The van der Waals surface area contributed by atoms with Crippen LogP contribution in [-0.4, -0.2) is 46.6 Å². The number of β-amino-alcohol motifs (C(OH)–C–C–N with tert-alkyl or cyclic N) is 1. The lowest BCUT2D eigenvalue weighted by atomic mass is 9.96. The standard InChI is InChI=1S/C15H22ClN3O2/c1-2-13(20)10-19-7-3-4-11(9-19)15(21)18-14-6-5-12(16)8-17-14/h5-6,8,11,13,20H,2-4,7,9-10H2,1H3,(H,17,18,21). The first-order chi connectivity index (χ1) is 10.1. The summed E-state index contributed by atoms with van der Waals surface area (Å²) in [7, 11) is 0. The van der Waals surface area contributed by atoms with E-state index in [1.807, 2.05) is 6.92 Å². The molecule has 0 spiro atoms. The fraction of sp³-hybridized carbons (Fsp3) is 0.600. The number of nitrogens with zero attached hydrogens (tertiary/aromatic N) is 2. The number of rotatable bonds is 5. The number of hydrogen-bond donors (Lipinski definition) is 2. The summed E-state index contributed by atoms with van der Waals surface area (Å²) in [4.78, 5) is 18.5. The first-order valence-corrected chi connectivity index (χ1v) is 7.79. The van der Waals surface area contributed by atoms with Crippen LogP contribution < -0.4 is 5.32 Å². The molecule has 1 fully saturated rings. The van der Waals surface area contributed by atoms with Gasteiger partial charge in [-0.1, -0.05) is 18.5 Å². The van der Waals surface area contributed by atoms with Crippen molar-refractivity contribution in [2.45, 2.75) is 32.3 Å². The third-order valence-corrected chi connectivity index (χ3v) is 4.02. The van der Waals surface area contributed by atoms with Crippen LogP contribution in [0.2, 0.25) is 5.02 Å². The third-order valence-electron chi connectivity index (χ3n) is 3.80. The fourth-order valence-electron chi connectivity index (χ4n) is 2.54. The first-order valence-electron chi connectivity index (χ1n) is 7.41. The Morgan fingerprint density at radius 1 is 1.62 bits per heavy atom. The van der Waals surface area contributed by atoms with E-state index in [1.165, 1.54) is 6.20 Å². The lowest BCUT2D eigenvalue weighted by Crippen LogP contribution is -2.43. The van der Waals surface area contributed by atoms with Crippen LogP contribution in [0.4, 0.5) is 5.82 Å². The molecule has 1 amide bonds. The summed E-state index contributed by atoms with van der Waals surface area (Å²) in [6, 6.07) is 3.40. The molecular weight excluding hydrogens is 290 g/mol. The second kappa shape index (κ2) is 7.73. The van der Waals surface area contributed by atoms with Crippen LogP contribution in [0.25, 0.3) is 0 Å². The summed E-state index contributed by atoms with van der Waals surface area (Å²) >= 11 is 5.77. The highest BCUT2D eigenvalue weighted by Crippen LogP contribution is 2.19. The maximum atomic E-state index is 12.3. The van der Waals surface area contributed by atoms with Crippen LogP contribution in [0.3, 0.4) is 0 Å². The molecule has 2 N–H and O–H groups in total. The van der Waals surface area contributed by atoms with E-state index in [2.05, 4.69) is 15.2 Å². The Morgan fingerprint density at radius 3 is 3.10 bits per heavy atom. The topological polar surface area (TPSA) is 65.5 Å². The number of anilines is 1. The first kappa shape index (κ1) is 16.2. The van der Waals surface area contributed by atoms with Gasteiger partial charge in [0.25, 0.3) is 0 Å². The fourth-order valence-corrected chi connectivity index (χ4v) is 2.65. The van der Waals surface area contributed by atoms with Crippen LogP contribution in [0.15, 0.2) is 18.3 Å². The summed E-state index contributed by atoms with van der Waals surface area (Å²) in [5, 5.41) is 13.1. The van der Waals surface area contributed by atoms with Crippen molar-refractivity contribution >= 4 is 23.3 Å². The van der Waals surface area contributed by atoms with Crippen LogP contribution in [0.1, 0.15) is 26.2 Å². The number of likely N-dealkylation sites (tertiary alicyclic amines) is 1. The van der Waals surface area contributed by atoms with Gasteiger partial charge in [-0.25, -0.2) is 4.98 Å². The van der Waals surface area contributed by atoms with Crippen LogP contribution >= 0.6 is 11.6 Å². The Hall–Kier alpha value is -1.17. The van der Waals surface area contributed by atoms with Gasteiger partial charge in [-0.05, 0) is 37.9 Å². The summed E-state index contributed by atoms with van der Waals surface area (Å²) in [5.41, 5.74) is 0. The molecule has 2 heterocycles. The monoisotopic (exact) mass is 311 g/mol. The number of nitrogens with one attached hydrogen (secondary N) is 1. The van der Waals surface area contributed by atoms with E-state index in [9.17, 15) is 9.90 Å². The van der Waals surface area contributed by atoms with Crippen LogP contribution in [0.5, 0.6) is 0 Å². The molecule has 0 bridgehead atoms. The Bertz CT molecular complexity index is 466.